The van der Waals surface area contributed by atoms with E-state index in [1.54, 1.807) is 27.7 Å². The van der Waals surface area contributed by atoms with E-state index in [-0.39, 0.29) is 11.8 Å². The van der Waals surface area contributed by atoms with Crippen molar-refractivity contribution in [1.82, 2.24) is 0 Å². The first-order valence-corrected chi connectivity index (χ1v) is 13.3. The molecule has 34 heavy (non-hydrogen) atoms. The van der Waals surface area contributed by atoms with E-state index in [0.717, 1.165) is 35.5 Å². The van der Waals surface area contributed by atoms with Gasteiger partial charge in [0.2, 0.25) is 0 Å². The van der Waals surface area contributed by atoms with Gasteiger partial charge in [0.1, 0.15) is 0 Å². The Bertz CT molecular complexity index is 446. The predicted octanol–water partition coefficient (Wildman–Crippen LogP) is 11.1. The molecule has 208 valence electrons. The zero-order chi connectivity index (χ0) is 27.6. The van der Waals surface area contributed by atoms with E-state index in [2.05, 4.69) is 41.5 Å². The van der Waals surface area contributed by atoms with Gasteiger partial charge in [-0.25, -0.2) is 0 Å². The van der Waals surface area contributed by atoms with Crippen molar-refractivity contribution in [1.29, 1.82) is 0 Å². The Balaban J connectivity index is 0. The number of rotatable bonds is 6. The Kier molecular flexibility index (Phi) is 16.4. The molecule has 0 aromatic rings. The van der Waals surface area contributed by atoms with Crippen molar-refractivity contribution in [2.24, 2.45) is 59.2 Å². The smallest absolute Gasteiger partial charge is 0.171 e. The summed E-state index contributed by atoms with van der Waals surface area (Å²) in [5, 5.41) is 0. The van der Waals surface area contributed by atoms with Crippen LogP contribution in [0.3, 0.4) is 0 Å². The maximum Gasteiger partial charge on any atom is 0.391 e. The summed E-state index contributed by atoms with van der Waals surface area (Å²) in [6, 6.07) is 0. The van der Waals surface area contributed by atoms with Gasteiger partial charge in [-0.1, -0.05) is 83.1 Å². The van der Waals surface area contributed by atoms with Crippen LogP contribution in [0.2, 0.25) is 0 Å². The van der Waals surface area contributed by atoms with Gasteiger partial charge in [-0.3, -0.25) is 0 Å². The number of alkyl halides is 6. The second-order valence-electron chi connectivity index (χ2n) is 12.0. The molecule has 2 saturated carbocycles. The van der Waals surface area contributed by atoms with E-state index in [1.165, 1.54) is 39.5 Å². The van der Waals surface area contributed by atoms with Crippen molar-refractivity contribution in [3.63, 3.8) is 0 Å². The van der Waals surface area contributed by atoms with Crippen LogP contribution in [0.4, 0.5) is 26.3 Å². The lowest BCUT2D eigenvalue weighted by Crippen LogP contribution is -2.24. The molecular formula is C28H54F6. The highest BCUT2D eigenvalue weighted by molar-refractivity contribution is 4.80. The molecule has 0 spiro atoms. The number of halogens is 6. The summed E-state index contributed by atoms with van der Waals surface area (Å²) in [6.07, 6.45) is -2.04. The fourth-order valence-corrected chi connectivity index (χ4v) is 3.09. The van der Waals surface area contributed by atoms with Crippen LogP contribution in [0, 0.1) is 59.2 Å². The Hall–Kier alpha value is -0.420. The topological polar surface area (TPSA) is 0 Å². The number of hydrogen-bond donors (Lipinski definition) is 0. The third-order valence-electron chi connectivity index (χ3n) is 7.87. The normalized spacial score (nSPS) is 19.9. The van der Waals surface area contributed by atoms with Gasteiger partial charge < -0.3 is 0 Å². The summed E-state index contributed by atoms with van der Waals surface area (Å²) in [6.45, 7) is 22.7. The van der Waals surface area contributed by atoms with Crippen LogP contribution < -0.4 is 0 Å². The lowest BCUT2D eigenvalue weighted by atomic mass is 9.93. The van der Waals surface area contributed by atoms with Crippen LogP contribution in [-0.4, -0.2) is 12.4 Å². The third-order valence-corrected chi connectivity index (χ3v) is 7.87. The van der Waals surface area contributed by atoms with E-state index in [1.807, 2.05) is 0 Å². The van der Waals surface area contributed by atoms with Crippen molar-refractivity contribution < 1.29 is 26.3 Å². The van der Waals surface area contributed by atoms with Gasteiger partial charge in [-0.15, -0.1) is 0 Å². The second kappa shape index (κ2) is 15.6. The molecule has 2 rings (SSSR count). The van der Waals surface area contributed by atoms with Crippen molar-refractivity contribution >= 4 is 0 Å². The van der Waals surface area contributed by atoms with E-state index < -0.39 is 24.2 Å². The zero-order valence-electron chi connectivity index (χ0n) is 23.9. The molecule has 6 heteroatoms. The van der Waals surface area contributed by atoms with E-state index in [9.17, 15) is 26.3 Å². The van der Waals surface area contributed by atoms with Gasteiger partial charge >= 0.3 is 12.4 Å². The molecule has 0 unspecified atom stereocenters. The van der Waals surface area contributed by atoms with E-state index in [4.69, 9.17) is 0 Å². The van der Waals surface area contributed by atoms with Crippen LogP contribution in [-0.2, 0) is 0 Å². The first-order chi connectivity index (χ1) is 15.1. The minimum atomic E-state index is -4.02. The average Bonchev–Trinajstić information content (AvgIpc) is 3.57. The van der Waals surface area contributed by atoms with Crippen LogP contribution in [0.1, 0.15) is 109 Å². The summed E-state index contributed by atoms with van der Waals surface area (Å²) in [7, 11) is 0. The van der Waals surface area contributed by atoms with Gasteiger partial charge in [-0.05, 0) is 73.0 Å². The third kappa shape index (κ3) is 17.1. The lowest BCUT2D eigenvalue weighted by Gasteiger charge is -2.18. The standard InChI is InChI=1S/2C8H16.2C6H11F3/c2*1-6(2)7(3)8-4-5-8;2*1-4(2)5(3)6(7,8)9/h2*6-8H,4-5H2,1-3H3;2*4-5H,1-3H3/t2*7-;2*5-/m1010/s1. The fraction of sp³-hybridized carbons (Fsp3) is 1.00. The Labute approximate surface area is 207 Å². The molecule has 0 saturated heterocycles. The van der Waals surface area contributed by atoms with Gasteiger partial charge in [0, 0.05) is 0 Å². The zero-order valence-corrected chi connectivity index (χ0v) is 23.9. The molecule has 0 N–H and O–H groups in total. The van der Waals surface area contributed by atoms with Crippen molar-refractivity contribution in [3.8, 4) is 0 Å². The largest absolute Gasteiger partial charge is 0.391 e. The van der Waals surface area contributed by atoms with Gasteiger partial charge in [0.25, 0.3) is 0 Å². The molecule has 0 nitrogen and oxygen atoms in total. The second-order valence-corrected chi connectivity index (χ2v) is 12.0. The quantitative estimate of drug-likeness (QED) is 0.316. The first kappa shape index (κ1) is 35.7. The van der Waals surface area contributed by atoms with Gasteiger partial charge in [-0.2, -0.15) is 26.3 Å². The summed E-state index contributed by atoms with van der Waals surface area (Å²) < 4.78 is 70.2. The highest BCUT2D eigenvalue weighted by Crippen LogP contribution is 2.40. The SMILES string of the molecule is CC(C)[C@@H](C)C(F)(F)F.CC(C)[C@@H](C)C1CC1.CC(C)[C@H](C)C(F)(F)F.CC(C)[C@H](C)C1CC1. The summed E-state index contributed by atoms with van der Waals surface area (Å²) in [5.41, 5.74) is 0. The Morgan fingerprint density at radius 2 is 0.618 bits per heavy atom. The van der Waals surface area contributed by atoms with Gasteiger partial charge in [0.15, 0.2) is 0 Å². The maximum atomic E-state index is 11.7. The van der Waals surface area contributed by atoms with E-state index in [0.29, 0.717) is 0 Å². The monoisotopic (exact) mass is 504 g/mol. The molecule has 0 radical (unpaired) electrons. The lowest BCUT2D eigenvalue weighted by molar-refractivity contribution is -0.180. The molecule has 0 aliphatic heterocycles. The van der Waals surface area contributed by atoms with E-state index >= 15 is 0 Å². The molecular weight excluding hydrogens is 450 g/mol. The molecule has 0 heterocycles. The average molecular weight is 505 g/mol. The van der Waals surface area contributed by atoms with Crippen molar-refractivity contribution in [2.75, 3.05) is 0 Å². The van der Waals surface area contributed by atoms with Crippen molar-refractivity contribution in [3.05, 3.63) is 0 Å². The summed E-state index contributed by atoms with van der Waals surface area (Å²) >= 11 is 0. The summed E-state index contributed by atoms with van der Waals surface area (Å²) in [4.78, 5) is 0. The molecule has 0 bridgehead atoms. The first-order valence-electron chi connectivity index (χ1n) is 13.3. The molecule has 2 aliphatic carbocycles. The Morgan fingerprint density at radius 1 is 0.412 bits per heavy atom. The molecule has 4 atom stereocenters. The van der Waals surface area contributed by atoms with Crippen molar-refractivity contribution in [2.45, 2.75) is 121 Å². The minimum Gasteiger partial charge on any atom is -0.171 e. The molecule has 0 aromatic heterocycles. The molecule has 2 aliphatic rings. The summed E-state index contributed by atoms with van der Waals surface area (Å²) in [5.74, 6) is 2.96. The van der Waals surface area contributed by atoms with Gasteiger partial charge in [0.05, 0.1) is 11.8 Å². The minimum absolute atomic E-state index is 0.315. The van der Waals surface area contributed by atoms with Crippen LogP contribution in [0.5, 0.6) is 0 Å². The number of hydrogen-bond acceptors (Lipinski definition) is 0. The van der Waals surface area contributed by atoms with Crippen LogP contribution in [0.15, 0.2) is 0 Å². The van der Waals surface area contributed by atoms with Crippen LogP contribution >= 0.6 is 0 Å². The molecule has 0 amide bonds. The Morgan fingerprint density at radius 3 is 0.647 bits per heavy atom. The fourth-order valence-electron chi connectivity index (χ4n) is 3.09. The highest BCUT2D eigenvalue weighted by atomic mass is 19.4. The predicted molar refractivity (Wildman–Crippen MR) is 134 cm³/mol. The highest BCUT2D eigenvalue weighted by Gasteiger charge is 2.38. The molecule has 0 aromatic carbocycles. The van der Waals surface area contributed by atoms with Crippen LogP contribution in [0.25, 0.3) is 0 Å². The molecule has 2 fully saturated rings. The maximum absolute atomic E-state index is 11.7.